The van der Waals surface area contributed by atoms with Crippen molar-refractivity contribution in [1.29, 1.82) is 0 Å². The molecular formula is C20H28N4O2. The molecule has 1 amide bonds. The molecule has 1 fully saturated rings. The molecule has 1 aliphatic rings. The molecule has 6 nitrogen and oxygen atoms in total. The first kappa shape index (κ1) is 18.6. The van der Waals surface area contributed by atoms with Crippen molar-refractivity contribution >= 4 is 16.8 Å². The molecule has 0 saturated carbocycles. The van der Waals surface area contributed by atoms with Crippen LogP contribution in [0.15, 0.2) is 29.1 Å². The van der Waals surface area contributed by atoms with E-state index in [0.717, 1.165) is 25.6 Å². The number of benzene rings is 1. The molecule has 0 aliphatic carbocycles. The van der Waals surface area contributed by atoms with Gasteiger partial charge in [0.15, 0.2) is 0 Å². The average Bonchev–Trinajstić information content (AvgIpc) is 2.58. The molecule has 1 aliphatic heterocycles. The molecule has 1 N–H and O–H groups in total. The maximum atomic E-state index is 12.7. The summed E-state index contributed by atoms with van der Waals surface area (Å²) in [5.41, 5.74) is 0.500. The molecule has 0 radical (unpaired) electrons. The fourth-order valence-corrected chi connectivity index (χ4v) is 3.81. The van der Waals surface area contributed by atoms with E-state index in [4.69, 9.17) is 0 Å². The summed E-state index contributed by atoms with van der Waals surface area (Å²) in [6.45, 7) is 9.09. The molecule has 3 rings (SSSR count). The number of rotatable bonds is 5. The summed E-state index contributed by atoms with van der Waals surface area (Å²) < 4.78 is 1.45. The summed E-state index contributed by atoms with van der Waals surface area (Å²) in [5.74, 6) is 1.13. The van der Waals surface area contributed by atoms with Crippen molar-refractivity contribution in [2.75, 3.05) is 19.6 Å². The molecule has 2 unspecified atom stereocenters. The minimum atomic E-state index is -0.166. The quantitative estimate of drug-likeness (QED) is 0.889. The largest absolute Gasteiger partial charge is 0.351 e. The maximum absolute atomic E-state index is 12.7. The van der Waals surface area contributed by atoms with Crippen LogP contribution in [-0.4, -0.2) is 46.0 Å². The van der Waals surface area contributed by atoms with Gasteiger partial charge in [-0.2, -0.15) is 0 Å². The van der Waals surface area contributed by atoms with Gasteiger partial charge in [0, 0.05) is 19.1 Å². The van der Waals surface area contributed by atoms with Crippen LogP contribution in [0.3, 0.4) is 0 Å². The normalized spacial score (nSPS) is 19.4. The highest BCUT2D eigenvalue weighted by molar-refractivity contribution is 5.79. The monoisotopic (exact) mass is 356 g/mol. The Morgan fingerprint density at radius 3 is 2.92 bits per heavy atom. The summed E-state index contributed by atoms with van der Waals surface area (Å²) in [6.07, 6.45) is 2.51. The predicted octanol–water partition coefficient (Wildman–Crippen LogP) is 1.94. The lowest BCUT2D eigenvalue weighted by molar-refractivity contribution is -0.122. The van der Waals surface area contributed by atoms with E-state index < -0.39 is 0 Å². The van der Waals surface area contributed by atoms with Crippen molar-refractivity contribution in [2.45, 2.75) is 46.2 Å². The minimum absolute atomic E-state index is 0.00322. The fourth-order valence-electron chi connectivity index (χ4n) is 3.81. The second kappa shape index (κ2) is 7.99. The summed E-state index contributed by atoms with van der Waals surface area (Å²) in [4.78, 5) is 32.0. The molecule has 0 bridgehead atoms. The van der Waals surface area contributed by atoms with Crippen molar-refractivity contribution in [3.8, 4) is 0 Å². The lowest BCUT2D eigenvalue weighted by atomic mass is 10.00. The molecule has 2 heterocycles. The third kappa shape index (κ3) is 4.30. The third-order valence-electron chi connectivity index (χ3n) is 5.03. The lowest BCUT2D eigenvalue weighted by Gasteiger charge is -2.32. The van der Waals surface area contributed by atoms with Crippen molar-refractivity contribution in [1.82, 2.24) is 19.8 Å². The van der Waals surface area contributed by atoms with Gasteiger partial charge in [0.05, 0.1) is 10.9 Å². The van der Waals surface area contributed by atoms with Gasteiger partial charge < -0.3 is 10.2 Å². The zero-order valence-electron chi connectivity index (χ0n) is 15.9. The zero-order chi connectivity index (χ0) is 18.7. The molecule has 1 saturated heterocycles. The number of hydrogen-bond donors (Lipinski definition) is 1. The average molecular weight is 356 g/mol. The molecule has 140 valence electrons. The van der Waals surface area contributed by atoms with Gasteiger partial charge in [-0.1, -0.05) is 19.1 Å². The SMILES string of the molecule is Cc1nc2ccccc2c(=O)n1CC(=O)NC(C)CN1CCCC(C)C1. The summed E-state index contributed by atoms with van der Waals surface area (Å²) in [6, 6.07) is 7.28. The number of aromatic nitrogens is 2. The van der Waals surface area contributed by atoms with E-state index in [0.29, 0.717) is 16.7 Å². The van der Waals surface area contributed by atoms with E-state index >= 15 is 0 Å². The van der Waals surface area contributed by atoms with Crippen LogP contribution in [0.4, 0.5) is 0 Å². The van der Waals surface area contributed by atoms with Gasteiger partial charge in [0.2, 0.25) is 5.91 Å². The van der Waals surface area contributed by atoms with Crippen LogP contribution in [0.25, 0.3) is 10.9 Å². The second-order valence-corrected chi connectivity index (χ2v) is 7.54. The number of nitrogens with one attached hydrogen (secondary N) is 1. The van der Waals surface area contributed by atoms with Gasteiger partial charge >= 0.3 is 0 Å². The van der Waals surface area contributed by atoms with Gasteiger partial charge in [-0.15, -0.1) is 0 Å². The third-order valence-corrected chi connectivity index (χ3v) is 5.03. The van der Waals surface area contributed by atoms with Crippen molar-refractivity contribution in [2.24, 2.45) is 5.92 Å². The molecule has 2 atom stereocenters. The summed E-state index contributed by atoms with van der Waals surface area (Å²) in [5, 5.41) is 3.57. The summed E-state index contributed by atoms with van der Waals surface area (Å²) in [7, 11) is 0. The Morgan fingerprint density at radius 1 is 1.38 bits per heavy atom. The van der Waals surface area contributed by atoms with E-state index in [1.54, 1.807) is 13.0 Å². The number of aryl methyl sites for hydroxylation is 1. The van der Waals surface area contributed by atoms with Crippen LogP contribution in [0.1, 0.15) is 32.5 Å². The zero-order valence-corrected chi connectivity index (χ0v) is 15.9. The first-order valence-electron chi connectivity index (χ1n) is 9.42. The first-order valence-corrected chi connectivity index (χ1v) is 9.42. The molecule has 1 aromatic heterocycles. The predicted molar refractivity (Wildman–Crippen MR) is 103 cm³/mol. The molecule has 26 heavy (non-hydrogen) atoms. The highest BCUT2D eigenvalue weighted by Crippen LogP contribution is 2.15. The Morgan fingerprint density at radius 2 is 2.15 bits per heavy atom. The topological polar surface area (TPSA) is 67.2 Å². The number of fused-ring (bicyclic) bond motifs is 1. The molecule has 6 heteroatoms. The minimum Gasteiger partial charge on any atom is -0.351 e. The first-order chi connectivity index (χ1) is 12.4. The highest BCUT2D eigenvalue weighted by Gasteiger charge is 2.19. The van der Waals surface area contributed by atoms with E-state index in [9.17, 15) is 9.59 Å². The Labute approximate surface area is 154 Å². The summed E-state index contributed by atoms with van der Waals surface area (Å²) >= 11 is 0. The van der Waals surface area contributed by atoms with Crippen LogP contribution in [0, 0.1) is 12.8 Å². The molecular weight excluding hydrogens is 328 g/mol. The van der Waals surface area contributed by atoms with Crippen LogP contribution >= 0.6 is 0 Å². The van der Waals surface area contributed by atoms with E-state index in [2.05, 4.69) is 22.1 Å². The standard InChI is InChI=1S/C20H28N4O2/c1-14-7-6-10-23(11-14)12-15(2)21-19(25)13-24-16(3)22-18-9-5-4-8-17(18)20(24)26/h4-5,8-9,14-15H,6-7,10-13H2,1-3H3,(H,21,25). The second-order valence-electron chi connectivity index (χ2n) is 7.54. The highest BCUT2D eigenvalue weighted by atomic mass is 16.2. The number of amides is 1. The van der Waals surface area contributed by atoms with Crippen LogP contribution < -0.4 is 10.9 Å². The van der Waals surface area contributed by atoms with E-state index in [1.807, 2.05) is 25.1 Å². The van der Waals surface area contributed by atoms with Gasteiger partial charge in [-0.25, -0.2) is 4.98 Å². The number of piperidine rings is 1. The number of carbonyl (C=O) groups is 1. The number of hydrogen-bond acceptors (Lipinski definition) is 4. The van der Waals surface area contributed by atoms with Crippen molar-refractivity contribution < 1.29 is 4.79 Å². The van der Waals surface area contributed by atoms with E-state index in [-0.39, 0.29) is 24.1 Å². The Hall–Kier alpha value is -2.21. The van der Waals surface area contributed by atoms with Crippen molar-refractivity contribution in [3.05, 3.63) is 40.4 Å². The van der Waals surface area contributed by atoms with Gasteiger partial charge in [0.25, 0.3) is 5.56 Å². The van der Waals surface area contributed by atoms with Gasteiger partial charge in [0.1, 0.15) is 12.4 Å². The van der Waals surface area contributed by atoms with Crippen LogP contribution in [0.5, 0.6) is 0 Å². The Bertz CT molecular complexity index is 845. The van der Waals surface area contributed by atoms with Gasteiger partial charge in [-0.3, -0.25) is 14.2 Å². The smallest absolute Gasteiger partial charge is 0.261 e. The molecule has 0 spiro atoms. The number of para-hydroxylation sites is 1. The Kier molecular flexibility index (Phi) is 5.71. The van der Waals surface area contributed by atoms with E-state index in [1.165, 1.54) is 17.4 Å². The Balaban J connectivity index is 1.64. The molecule has 1 aromatic carbocycles. The van der Waals surface area contributed by atoms with Crippen LogP contribution in [0.2, 0.25) is 0 Å². The number of carbonyl (C=O) groups excluding carboxylic acids is 1. The van der Waals surface area contributed by atoms with Crippen LogP contribution in [-0.2, 0) is 11.3 Å². The van der Waals surface area contributed by atoms with Crippen molar-refractivity contribution in [3.63, 3.8) is 0 Å². The fraction of sp³-hybridized carbons (Fsp3) is 0.550. The number of likely N-dealkylation sites (tertiary alicyclic amines) is 1. The number of nitrogens with zero attached hydrogens (tertiary/aromatic N) is 3. The van der Waals surface area contributed by atoms with Gasteiger partial charge in [-0.05, 0) is 51.3 Å². The lowest BCUT2D eigenvalue weighted by Crippen LogP contribution is -2.46. The maximum Gasteiger partial charge on any atom is 0.261 e. The molecule has 2 aromatic rings.